The van der Waals surface area contributed by atoms with E-state index in [9.17, 15) is 0 Å². The lowest BCUT2D eigenvalue weighted by Crippen LogP contribution is -2.40. The van der Waals surface area contributed by atoms with Crippen LogP contribution >= 0.6 is 11.6 Å². The van der Waals surface area contributed by atoms with Gasteiger partial charge in [0.1, 0.15) is 17.3 Å². The third-order valence-electron chi connectivity index (χ3n) is 4.48. The number of halogens is 1. The summed E-state index contributed by atoms with van der Waals surface area (Å²) >= 11 is 6.19. The summed E-state index contributed by atoms with van der Waals surface area (Å²) in [5, 5.41) is 8.24. The highest BCUT2D eigenvalue weighted by molar-refractivity contribution is 6.30. The van der Waals surface area contributed by atoms with Crippen molar-refractivity contribution in [3.05, 3.63) is 17.0 Å². The Morgan fingerprint density at radius 1 is 1.38 bits per heavy atom. The van der Waals surface area contributed by atoms with Crippen molar-refractivity contribution in [2.45, 2.75) is 26.7 Å². The van der Waals surface area contributed by atoms with E-state index in [1.54, 1.807) is 4.52 Å². The SMILES string of the molecule is Cc1c(Cl)nc2ncnn2c1NCC1(C)CCN(C)CC1. The van der Waals surface area contributed by atoms with Gasteiger partial charge in [0.15, 0.2) is 0 Å². The van der Waals surface area contributed by atoms with Crippen LogP contribution in [-0.2, 0) is 0 Å². The molecule has 1 fully saturated rings. The fourth-order valence-corrected chi connectivity index (χ4v) is 2.90. The molecule has 0 spiro atoms. The molecule has 7 heteroatoms. The van der Waals surface area contributed by atoms with Gasteiger partial charge < -0.3 is 10.2 Å². The van der Waals surface area contributed by atoms with Crippen LogP contribution in [0.4, 0.5) is 5.82 Å². The van der Waals surface area contributed by atoms with Crippen molar-refractivity contribution in [3.63, 3.8) is 0 Å². The Bertz CT molecular complexity index is 644. The lowest BCUT2D eigenvalue weighted by Gasteiger charge is -2.38. The van der Waals surface area contributed by atoms with Crippen LogP contribution < -0.4 is 5.32 Å². The van der Waals surface area contributed by atoms with Gasteiger partial charge in [0, 0.05) is 12.1 Å². The Hall–Kier alpha value is -1.40. The quantitative estimate of drug-likeness (QED) is 0.881. The molecule has 2 aromatic rings. The van der Waals surface area contributed by atoms with Crippen molar-refractivity contribution < 1.29 is 0 Å². The minimum atomic E-state index is 0.293. The van der Waals surface area contributed by atoms with Gasteiger partial charge in [0.25, 0.3) is 5.78 Å². The summed E-state index contributed by atoms with van der Waals surface area (Å²) in [4.78, 5) is 10.7. The number of piperidine rings is 1. The van der Waals surface area contributed by atoms with E-state index in [1.807, 2.05) is 6.92 Å². The van der Waals surface area contributed by atoms with Gasteiger partial charge in [-0.1, -0.05) is 18.5 Å². The lowest BCUT2D eigenvalue weighted by atomic mass is 9.80. The first-order valence-electron chi connectivity index (χ1n) is 7.27. The smallest absolute Gasteiger partial charge is 0.255 e. The van der Waals surface area contributed by atoms with E-state index < -0.39 is 0 Å². The van der Waals surface area contributed by atoms with Crippen molar-refractivity contribution in [1.29, 1.82) is 0 Å². The van der Waals surface area contributed by atoms with Crippen LogP contribution in [0.1, 0.15) is 25.3 Å². The molecule has 0 radical (unpaired) electrons. The number of likely N-dealkylation sites (tertiary alicyclic amines) is 1. The second-order valence-electron chi connectivity index (χ2n) is 6.32. The monoisotopic (exact) mass is 308 g/mol. The standard InChI is InChI=1S/C14H21ClN6/c1-10-11(15)19-13-17-9-18-21(13)12(10)16-8-14(2)4-6-20(3)7-5-14/h9,16H,4-8H2,1-3H3. The molecule has 0 unspecified atom stereocenters. The minimum absolute atomic E-state index is 0.293. The first kappa shape index (κ1) is 14.5. The maximum Gasteiger partial charge on any atom is 0.255 e. The summed E-state index contributed by atoms with van der Waals surface area (Å²) in [5.74, 6) is 1.42. The predicted molar refractivity (Wildman–Crippen MR) is 83.9 cm³/mol. The Kier molecular flexibility index (Phi) is 3.75. The van der Waals surface area contributed by atoms with Crippen LogP contribution in [-0.4, -0.2) is 51.2 Å². The van der Waals surface area contributed by atoms with Crippen molar-refractivity contribution in [3.8, 4) is 0 Å². The van der Waals surface area contributed by atoms with Crippen LogP contribution in [0.2, 0.25) is 5.15 Å². The van der Waals surface area contributed by atoms with E-state index in [2.05, 4.69) is 39.3 Å². The number of hydrogen-bond donors (Lipinski definition) is 1. The van der Waals surface area contributed by atoms with Crippen LogP contribution in [0.15, 0.2) is 6.33 Å². The van der Waals surface area contributed by atoms with E-state index in [4.69, 9.17) is 11.6 Å². The zero-order valence-corrected chi connectivity index (χ0v) is 13.5. The van der Waals surface area contributed by atoms with Gasteiger partial charge in [-0.05, 0) is 45.3 Å². The molecule has 0 aromatic carbocycles. The van der Waals surface area contributed by atoms with E-state index >= 15 is 0 Å². The van der Waals surface area contributed by atoms with E-state index in [0.29, 0.717) is 16.3 Å². The molecule has 0 amide bonds. The van der Waals surface area contributed by atoms with E-state index in [0.717, 1.165) is 31.0 Å². The molecular weight excluding hydrogens is 288 g/mol. The predicted octanol–water partition coefficient (Wildman–Crippen LogP) is 2.23. The van der Waals surface area contributed by atoms with Crippen LogP contribution in [0.3, 0.4) is 0 Å². The van der Waals surface area contributed by atoms with Gasteiger partial charge in [-0.15, -0.1) is 0 Å². The highest BCUT2D eigenvalue weighted by Crippen LogP contribution is 2.31. The summed E-state index contributed by atoms with van der Waals surface area (Å²) in [7, 11) is 2.18. The number of nitrogens with zero attached hydrogens (tertiary/aromatic N) is 5. The van der Waals surface area contributed by atoms with Crippen molar-refractivity contribution in [2.24, 2.45) is 5.41 Å². The molecule has 0 bridgehead atoms. The third-order valence-corrected chi connectivity index (χ3v) is 4.85. The summed E-state index contributed by atoms with van der Waals surface area (Å²) in [6.07, 6.45) is 3.88. The lowest BCUT2D eigenvalue weighted by molar-refractivity contribution is 0.150. The average molecular weight is 309 g/mol. The minimum Gasteiger partial charge on any atom is -0.369 e. The van der Waals surface area contributed by atoms with Crippen molar-refractivity contribution in [1.82, 2.24) is 24.5 Å². The number of aromatic nitrogens is 4. The van der Waals surface area contributed by atoms with Gasteiger partial charge >= 0.3 is 0 Å². The molecule has 0 aliphatic carbocycles. The first-order chi connectivity index (χ1) is 9.98. The molecule has 114 valence electrons. The Morgan fingerprint density at radius 2 is 2.10 bits per heavy atom. The number of nitrogens with one attached hydrogen (secondary N) is 1. The molecule has 21 heavy (non-hydrogen) atoms. The van der Waals surface area contributed by atoms with E-state index in [-0.39, 0.29) is 0 Å². The number of rotatable bonds is 3. The van der Waals surface area contributed by atoms with Gasteiger partial charge in [0.2, 0.25) is 0 Å². The van der Waals surface area contributed by atoms with Gasteiger partial charge in [-0.25, -0.2) is 0 Å². The van der Waals surface area contributed by atoms with E-state index in [1.165, 1.54) is 19.2 Å². The first-order valence-corrected chi connectivity index (χ1v) is 7.65. The number of fused-ring (bicyclic) bond motifs is 1. The Balaban J connectivity index is 1.82. The third kappa shape index (κ3) is 2.82. The largest absolute Gasteiger partial charge is 0.369 e. The fourth-order valence-electron chi connectivity index (χ4n) is 2.74. The second kappa shape index (κ2) is 5.42. The summed E-state index contributed by atoms with van der Waals surface area (Å²) < 4.78 is 1.72. The molecule has 0 atom stereocenters. The van der Waals surface area contributed by atoms with Crippen LogP contribution in [0.25, 0.3) is 5.78 Å². The molecule has 6 nitrogen and oxygen atoms in total. The summed E-state index contributed by atoms with van der Waals surface area (Å²) in [6, 6.07) is 0. The normalized spacial score (nSPS) is 19.0. The molecule has 1 saturated heterocycles. The Morgan fingerprint density at radius 3 is 2.81 bits per heavy atom. The van der Waals surface area contributed by atoms with Gasteiger partial charge in [-0.2, -0.15) is 19.6 Å². The molecular formula is C14H21ClN6. The van der Waals surface area contributed by atoms with Crippen LogP contribution in [0.5, 0.6) is 0 Å². The van der Waals surface area contributed by atoms with Gasteiger partial charge in [0.05, 0.1) is 0 Å². The fraction of sp³-hybridized carbons (Fsp3) is 0.643. The maximum absolute atomic E-state index is 6.19. The molecule has 1 aliphatic rings. The maximum atomic E-state index is 6.19. The topological polar surface area (TPSA) is 58.4 Å². The highest BCUT2D eigenvalue weighted by Gasteiger charge is 2.29. The summed E-state index contributed by atoms with van der Waals surface area (Å²) in [5.41, 5.74) is 1.20. The summed E-state index contributed by atoms with van der Waals surface area (Å²) in [6.45, 7) is 7.48. The van der Waals surface area contributed by atoms with Crippen molar-refractivity contribution in [2.75, 3.05) is 32.0 Å². The molecule has 2 aromatic heterocycles. The average Bonchev–Trinajstić information content (AvgIpc) is 2.91. The number of anilines is 1. The number of hydrogen-bond acceptors (Lipinski definition) is 5. The molecule has 0 saturated carbocycles. The molecule has 1 aliphatic heterocycles. The second-order valence-corrected chi connectivity index (χ2v) is 6.67. The van der Waals surface area contributed by atoms with Crippen molar-refractivity contribution >= 4 is 23.2 Å². The zero-order valence-electron chi connectivity index (χ0n) is 12.7. The Labute approximate surface area is 129 Å². The highest BCUT2D eigenvalue weighted by atomic mass is 35.5. The molecule has 3 rings (SSSR count). The van der Waals surface area contributed by atoms with Crippen LogP contribution in [0, 0.1) is 12.3 Å². The molecule has 1 N–H and O–H groups in total. The van der Waals surface area contributed by atoms with Gasteiger partial charge in [-0.3, -0.25) is 0 Å². The molecule has 3 heterocycles. The zero-order chi connectivity index (χ0) is 15.0.